The van der Waals surface area contributed by atoms with Crippen molar-refractivity contribution >= 4 is 0 Å². The van der Waals surface area contributed by atoms with Gasteiger partial charge >= 0.3 is 0 Å². The van der Waals surface area contributed by atoms with Crippen LogP contribution in [0.5, 0.6) is 0 Å². The minimum absolute atomic E-state index is 1.06. The molecule has 1 radical (unpaired) electrons. The molecule has 0 amide bonds. The molecule has 1 rings (SSSR count). The van der Waals surface area contributed by atoms with E-state index in [0.29, 0.717) is 0 Å². The molecule has 1 aliphatic carbocycles. The second-order valence-electron chi connectivity index (χ2n) is 4.51. The molecule has 0 aromatic rings. The topological polar surface area (TPSA) is 0 Å². The van der Waals surface area contributed by atoms with Gasteiger partial charge in [0, 0.05) is 0 Å². The first-order valence-electron chi connectivity index (χ1n) is 6.23. The van der Waals surface area contributed by atoms with E-state index in [1.54, 1.807) is 0 Å². The molecule has 0 aromatic carbocycles. The van der Waals surface area contributed by atoms with E-state index in [2.05, 4.69) is 13.8 Å². The molecule has 0 N–H and O–H groups in total. The summed E-state index contributed by atoms with van der Waals surface area (Å²) in [5.74, 6) is 2.95. The van der Waals surface area contributed by atoms with Crippen LogP contribution < -0.4 is 0 Å². The fourth-order valence-electron chi connectivity index (χ4n) is 2.11. The van der Waals surface area contributed by atoms with Gasteiger partial charge in [0.05, 0.1) is 0 Å². The van der Waals surface area contributed by atoms with Crippen LogP contribution >= 0.6 is 0 Å². The first kappa shape index (κ1) is 11.1. The van der Waals surface area contributed by atoms with Crippen molar-refractivity contribution in [3.8, 4) is 0 Å². The summed E-state index contributed by atoms with van der Waals surface area (Å²) < 4.78 is 0. The minimum Gasteiger partial charge on any atom is -0.0654 e. The summed E-state index contributed by atoms with van der Waals surface area (Å²) in [7, 11) is 0. The summed E-state index contributed by atoms with van der Waals surface area (Å²) in [4.78, 5) is 0. The van der Waals surface area contributed by atoms with Gasteiger partial charge in [0.25, 0.3) is 0 Å². The van der Waals surface area contributed by atoms with E-state index in [9.17, 15) is 0 Å². The molecule has 0 bridgehead atoms. The number of hydrogen-bond acceptors (Lipinski definition) is 0. The highest BCUT2D eigenvalue weighted by Gasteiger charge is 2.35. The zero-order valence-electron chi connectivity index (χ0n) is 9.44. The Morgan fingerprint density at radius 3 is 2.38 bits per heavy atom. The fraction of sp³-hybridized carbons (Fsp3) is 0.923. The summed E-state index contributed by atoms with van der Waals surface area (Å²) in [6, 6.07) is 0. The summed E-state index contributed by atoms with van der Waals surface area (Å²) in [5, 5.41) is 0. The maximum Gasteiger partial charge on any atom is -0.0207 e. The maximum absolute atomic E-state index is 2.29. The van der Waals surface area contributed by atoms with Gasteiger partial charge in [-0.2, -0.15) is 0 Å². The molecule has 1 saturated carbocycles. The van der Waals surface area contributed by atoms with Crippen LogP contribution in [0.3, 0.4) is 0 Å². The number of hydrogen-bond donors (Lipinski definition) is 0. The molecule has 0 spiro atoms. The molecule has 1 unspecified atom stereocenters. The second kappa shape index (κ2) is 6.45. The predicted octanol–water partition coefficient (Wildman–Crippen LogP) is 4.74. The van der Waals surface area contributed by atoms with Crippen LogP contribution in [0.25, 0.3) is 0 Å². The van der Waals surface area contributed by atoms with E-state index >= 15 is 0 Å². The SMILES string of the molecule is CCCCC[C]1CC1CCCCC. The lowest BCUT2D eigenvalue weighted by Gasteiger charge is -1.99. The molecule has 0 aromatic heterocycles. The Balaban J connectivity index is 1.85. The van der Waals surface area contributed by atoms with Gasteiger partial charge in [-0.25, -0.2) is 0 Å². The Hall–Kier alpha value is 0. The van der Waals surface area contributed by atoms with E-state index in [-0.39, 0.29) is 0 Å². The van der Waals surface area contributed by atoms with Crippen LogP contribution in [0.15, 0.2) is 0 Å². The van der Waals surface area contributed by atoms with Crippen molar-refractivity contribution in [1.29, 1.82) is 0 Å². The molecule has 0 aliphatic heterocycles. The molecule has 0 saturated heterocycles. The molecule has 1 fully saturated rings. The third-order valence-electron chi connectivity index (χ3n) is 3.18. The van der Waals surface area contributed by atoms with Gasteiger partial charge in [0.2, 0.25) is 0 Å². The third-order valence-corrected chi connectivity index (χ3v) is 3.18. The Labute approximate surface area is 84.1 Å². The van der Waals surface area contributed by atoms with Gasteiger partial charge < -0.3 is 0 Å². The standard InChI is InChI=1S/C13H25/c1-3-5-7-9-12-11-13(12)10-8-6-4-2/h12H,3-11H2,1-2H3. The molecular weight excluding hydrogens is 156 g/mol. The lowest BCUT2D eigenvalue weighted by molar-refractivity contribution is 0.610. The molecule has 1 aliphatic rings. The molecule has 13 heavy (non-hydrogen) atoms. The minimum atomic E-state index is 1.06. The largest absolute Gasteiger partial charge is 0.0654 e. The van der Waals surface area contributed by atoms with Crippen LogP contribution in [-0.4, -0.2) is 0 Å². The van der Waals surface area contributed by atoms with Crippen molar-refractivity contribution < 1.29 is 0 Å². The van der Waals surface area contributed by atoms with E-state index in [1.165, 1.54) is 57.8 Å². The summed E-state index contributed by atoms with van der Waals surface area (Å²) in [5.41, 5.74) is 0. The van der Waals surface area contributed by atoms with Crippen molar-refractivity contribution in [2.45, 2.75) is 71.6 Å². The molecule has 77 valence electrons. The van der Waals surface area contributed by atoms with Crippen molar-refractivity contribution in [3.63, 3.8) is 0 Å². The lowest BCUT2D eigenvalue weighted by Crippen LogP contribution is -1.83. The van der Waals surface area contributed by atoms with Crippen LogP contribution in [-0.2, 0) is 0 Å². The molecule has 1 atom stereocenters. The third kappa shape index (κ3) is 4.69. The Morgan fingerprint density at radius 2 is 1.69 bits per heavy atom. The van der Waals surface area contributed by atoms with Crippen molar-refractivity contribution in [1.82, 2.24) is 0 Å². The Bertz CT molecular complexity index is 103. The Morgan fingerprint density at radius 1 is 1.00 bits per heavy atom. The van der Waals surface area contributed by atoms with E-state index in [1.807, 2.05) is 5.92 Å². The molecule has 0 heterocycles. The van der Waals surface area contributed by atoms with E-state index < -0.39 is 0 Å². The van der Waals surface area contributed by atoms with Gasteiger partial charge in [0.15, 0.2) is 0 Å². The number of unbranched alkanes of at least 4 members (excludes halogenated alkanes) is 4. The average molecular weight is 181 g/mol. The van der Waals surface area contributed by atoms with E-state index in [0.717, 1.165) is 5.92 Å². The van der Waals surface area contributed by atoms with Crippen LogP contribution in [0.1, 0.15) is 71.6 Å². The smallest absolute Gasteiger partial charge is 0.0207 e. The fourth-order valence-corrected chi connectivity index (χ4v) is 2.11. The van der Waals surface area contributed by atoms with Gasteiger partial charge in [-0.1, -0.05) is 52.4 Å². The lowest BCUT2D eigenvalue weighted by atomic mass is 10.1. The Kier molecular flexibility index (Phi) is 5.50. The number of rotatable bonds is 8. The second-order valence-corrected chi connectivity index (χ2v) is 4.51. The first-order chi connectivity index (χ1) is 6.38. The van der Waals surface area contributed by atoms with Gasteiger partial charge in [-0.15, -0.1) is 0 Å². The molecule has 0 nitrogen and oxygen atoms in total. The zero-order valence-corrected chi connectivity index (χ0v) is 9.44. The highest BCUT2D eigenvalue weighted by Crippen LogP contribution is 2.47. The van der Waals surface area contributed by atoms with Crippen LogP contribution in [0.4, 0.5) is 0 Å². The molecule has 0 heteroatoms. The van der Waals surface area contributed by atoms with Crippen molar-refractivity contribution in [2.24, 2.45) is 5.92 Å². The van der Waals surface area contributed by atoms with Gasteiger partial charge in [-0.05, 0) is 31.1 Å². The highest BCUT2D eigenvalue weighted by molar-refractivity contribution is 5.13. The average Bonchev–Trinajstić information content (AvgIpc) is 2.85. The quantitative estimate of drug-likeness (QED) is 0.474. The predicted molar refractivity (Wildman–Crippen MR) is 59.6 cm³/mol. The van der Waals surface area contributed by atoms with Gasteiger partial charge in [0.1, 0.15) is 0 Å². The van der Waals surface area contributed by atoms with Crippen LogP contribution in [0, 0.1) is 11.8 Å². The monoisotopic (exact) mass is 181 g/mol. The summed E-state index contributed by atoms with van der Waals surface area (Å²) >= 11 is 0. The van der Waals surface area contributed by atoms with E-state index in [4.69, 9.17) is 0 Å². The van der Waals surface area contributed by atoms with Crippen molar-refractivity contribution in [2.75, 3.05) is 0 Å². The summed E-state index contributed by atoms with van der Waals surface area (Å²) in [6.45, 7) is 4.58. The van der Waals surface area contributed by atoms with Crippen molar-refractivity contribution in [3.05, 3.63) is 5.92 Å². The first-order valence-corrected chi connectivity index (χ1v) is 6.23. The highest BCUT2D eigenvalue weighted by atomic mass is 14.4. The maximum atomic E-state index is 2.29. The summed E-state index contributed by atoms with van der Waals surface area (Å²) in [6.07, 6.45) is 13.0. The van der Waals surface area contributed by atoms with Crippen LogP contribution in [0.2, 0.25) is 0 Å². The normalized spacial score (nSPS) is 22.2. The molecular formula is C13H25. The van der Waals surface area contributed by atoms with Gasteiger partial charge in [-0.3, -0.25) is 0 Å². The zero-order chi connectivity index (χ0) is 9.52.